The highest BCUT2D eigenvalue weighted by Crippen LogP contribution is 2.11. The molecule has 0 radical (unpaired) electrons. The van der Waals surface area contributed by atoms with Crippen LogP contribution in [-0.4, -0.2) is 29.7 Å². The summed E-state index contributed by atoms with van der Waals surface area (Å²) in [5.74, 6) is 0. The molecule has 1 rings (SSSR count). The van der Waals surface area contributed by atoms with Crippen LogP contribution < -0.4 is 16.1 Å². The van der Waals surface area contributed by atoms with Crippen molar-refractivity contribution >= 4 is 24.3 Å². The van der Waals surface area contributed by atoms with Gasteiger partial charge >= 0.3 is 13.1 Å². The van der Waals surface area contributed by atoms with Crippen molar-refractivity contribution in [1.29, 1.82) is 0 Å². The van der Waals surface area contributed by atoms with Gasteiger partial charge in [0.1, 0.15) is 0 Å². The topological polar surface area (TPSA) is 86.8 Å². The normalized spacial score (nSPS) is 9.80. The summed E-state index contributed by atoms with van der Waals surface area (Å²) in [6.07, 6.45) is 0. The van der Waals surface area contributed by atoms with Crippen molar-refractivity contribution < 1.29 is 14.8 Å². The highest BCUT2D eigenvalue weighted by atomic mass is 16.4. The first kappa shape index (κ1) is 11.5. The third-order valence-electron chi connectivity index (χ3n) is 2.09. The van der Waals surface area contributed by atoms with E-state index in [-0.39, 0.29) is 0 Å². The van der Waals surface area contributed by atoms with Gasteiger partial charge in [-0.25, -0.2) is 4.79 Å². The Morgan fingerprint density at radius 1 is 1.40 bits per heavy atom. The molecule has 0 heterocycles. The van der Waals surface area contributed by atoms with Gasteiger partial charge in [-0.15, -0.1) is 0 Å². The molecule has 0 atom stereocenters. The Labute approximate surface area is 88.3 Å². The second kappa shape index (κ2) is 4.81. The van der Waals surface area contributed by atoms with E-state index in [1.54, 1.807) is 19.1 Å². The predicted octanol–water partition coefficient (Wildman–Crippen LogP) is -0.729. The van der Waals surface area contributed by atoms with E-state index in [1.807, 2.05) is 0 Å². The average Bonchev–Trinajstić information content (AvgIpc) is 2.19. The average molecular weight is 208 g/mol. The van der Waals surface area contributed by atoms with Crippen molar-refractivity contribution in [3.05, 3.63) is 24.3 Å². The summed E-state index contributed by atoms with van der Waals surface area (Å²) < 4.78 is 0. The highest BCUT2D eigenvalue weighted by molar-refractivity contribution is 6.58. The van der Waals surface area contributed by atoms with Crippen LogP contribution in [0.3, 0.4) is 0 Å². The van der Waals surface area contributed by atoms with E-state index in [2.05, 4.69) is 0 Å². The van der Waals surface area contributed by atoms with E-state index in [9.17, 15) is 4.79 Å². The van der Waals surface area contributed by atoms with E-state index >= 15 is 0 Å². The Bertz CT molecular complexity index is 340. The molecule has 0 unspecified atom stereocenters. The van der Waals surface area contributed by atoms with Crippen LogP contribution >= 0.6 is 0 Å². The zero-order valence-electron chi connectivity index (χ0n) is 8.42. The van der Waals surface area contributed by atoms with E-state index in [0.29, 0.717) is 17.7 Å². The first-order valence-corrected chi connectivity index (χ1v) is 4.59. The molecule has 1 aromatic carbocycles. The monoisotopic (exact) mass is 208 g/mol. The maximum Gasteiger partial charge on any atom is 0.488 e. The quantitative estimate of drug-likeness (QED) is 0.572. The molecule has 15 heavy (non-hydrogen) atoms. The number of primary amides is 1. The third kappa shape index (κ3) is 2.71. The Balaban J connectivity index is 2.92. The van der Waals surface area contributed by atoms with Gasteiger partial charge in [0.15, 0.2) is 0 Å². The predicted molar refractivity (Wildman–Crippen MR) is 58.9 cm³/mol. The van der Waals surface area contributed by atoms with Crippen LogP contribution in [0.15, 0.2) is 24.3 Å². The van der Waals surface area contributed by atoms with Crippen LogP contribution in [0.1, 0.15) is 6.92 Å². The highest BCUT2D eigenvalue weighted by Gasteiger charge is 2.13. The molecule has 6 heteroatoms. The number of rotatable bonds is 3. The molecule has 0 aliphatic carbocycles. The van der Waals surface area contributed by atoms with Crippen molar-refractivity contribution in [3.8, 4) is 0 Å². The summed E-state index contributed by atoms with van der Waals surface area (Å²) in [6, 6.07) is 5.76. The maximum atomic E-state index is 11.0. The van der Waals surface area contributed by atoms with E-state index in [4.69, 9.17) is 15.8 Å². The van der Waals surface area contributed by atoms with Gasteiger partial charge in [0.25, 0.3) is 0 Å². The number of anilines is 1. The van der Waals surface area contributed by atoms with Crippen molar-refractivity contribution in [3.63, 3.8) is 0 Å². The summed E-state index contributed by atoms with van der Waals surface area (Å²) in [4.78, 5) is 12.4. The standard InChI is InChI=1S/C9H13BN2O3/c1-2-12(9(11)13)8-5-3-7(4-6-8)10(14)15/h3-6,14-15H,2H2,1H3,(H2,11,13). The number of nitrogens with two attached hydrogens (primary N) is 1. The molecule has 0 bridgehead atoms. The summed E-state index contributed by atoms with van der Waals surface area (Å²) in [5, 5.41) is 17.7. The Hall–Kier alpha value is -1.53. The lowest BCUT2D eigenvalue weighted by Gasteiger charge is -2.18. The van der Waals surface area contributed by atoms with Gasteiger partial charge in [-0.3, -0.25) is 4.90 Å². The van der Waals surface area contributed by atoms with E-state index in [0.717, 1.165) is 0 Å². The van der Waals surface area contributed by atoms with Crippen molar-refractivity contribution in [2.24, 2.45) is 5.73 Å². The van der Waals surface area contributed by atoms with Gasteiger partial charge in [-0.05, 0) is 24.5 Å². The second-order valence-electron chi connectivity index (χ2n) is 3.05. The van der Waals surface area contributed by atoms with Gasteiger partial charge in [0, 0.05) is 12.2 Å². The fourth-order valence-electron chi connectivity index (χ4n) is 1.29. The molecule has 0 saturated carbocycles. The minimum absolute atomic E-state index is 0.374. The largest absolute Gasteiger partial charge is 0.488 e. The number of benzene rings is 1. The minimum Gasteiger partial charge on any atom is -0.423 e. The SMILES string of the molecule is CCN(C(N)=O)c1ccc(B(O)O)cc1. The van der Waals surface area contributed by atoms with Gasteiger partial charge in [-0.2, -0.15) is 0 Å². The number of urea groups is 1. The summed E-state index contributed by atoms with van der Waals surface area (Å²) >= 11 is 0. The zero-order valence-corrected chi connectivity index (χ0v) is 8.42. The number of carbonyl (C=O) groups is 1. The summed E-state index contributed by atoms with van der Waals surface area (Å²) in [6.45, 7) is 2.27. The van der Waals surface area contributed by atoms with Gasteiger partial charge < -0.3 is 15.8 Å². The maximum absolute atomic E-state index is 11.0. The zero-order chi connectivity index (χ0) is 11.4. The first-order chi connectivity index (χ1) is 7.06. The number of hydrogen-bond donors (Lipinski definition) is 3. The molecule has 0 aliphatic heterocycles. The summed E-state index contributed by atoms with van der Waals surface area (Å²) in [5.41, 5.74) is 6.17. The fourth-order valence-corrected chi connectivity index (χ4v) is 1.29. The van der Waals surface area contributed by atoms with E-state index in [1.165, 1.54) is 17.0 Å². The molecular formula is C9H13BN2O3. The van der Waals surface area contributed by atoms with Gasteiger partial charge in [-0.1, -0.05) is 12.1 Å². The lowest BCUT2D eigenvalue weighted by Crippen LogP contribution is -2.36. The number of nitrogens with zero attached hydrogens (tertiary/aromatic N) is 1. The minimum atomic E-state index is -1.50. The molecule has 0 aliphatic rings. The smallest absolute Gasteiger partial charge is 0.423 e. The lowest BCUT2D eigenvalue weighted by atomic mass is 9.80. The molecule has 0 aromatic heterocycles. The molecule has 5 nitrogen and oxygen atoms in total. The van der Waals surface area contributed by atoms with Crippen LogP contribution in [0.2, 0.25) is 0 Å². The first-order valence-electron chi connectivity index (χ1n) is 4.59. The Morgan fingerprint density at radius 2 is 1.93 bits per heavy atom. The Kier molecular flexibility index (Phi) is 3.71. The molecule has 0 saturated heterocycles. The number of carbonyl (C=O) groups excluding carboxylic acids is 1. The van der Waals surface area contributed by atoms with Crippen molar-refractivity contribution in [1.82, 2.24) is 0 Å². The number of amides is 2. The summed E-state index contributed by atoms with van der Waals surface area (Å²) in [7, 11) is -1.50. The molecule has 80 valence electrons. The number of hydrogen-bond acceptors (Lipinski definition) is 3. The van der Waals surface area contributed by atoms with Crippen LogP contribution in [-0.2, 0) is 0 Å². The Morgan fingerprint density at radius 3 is 2.27 bits per heavy atom. The second-order valence-corrected chi connectivity index (χ2v) is 3.05. The van der Waals surface area contributed by atoms with E-state index < -0.39 is 13.1 Å². The molecule has 4 N–H and O–H groups in total. The van der Waals surface area contributed by atoms with Crippen molar-refractivity contribution in [2.75, 3.05) is 11.4 Å². The van der Waals surface area contributed by atoms with Crippen LogP contribution in [0.5, 0.6) is 0 Å². The fraction of sp³-hybridized carbons (Fsp3) is 0.222. The van der Waals surface area contributed by atoms with Crippen molar-refractivity contribution in [2.45, 2.75) is 6.92 Å². The van der Waals surface area contributed by atoms with Crippen LogP contribution in [0.25, 0.3) is 0 Å². The molecular weight excluding hydrogens is 195 g/mol. The molecule has 0 spiro atoms. The van der Waals surface area contributed by atoms with Gasteiger partial charge in [0.2, 0.25) is 0 Å². The molecule has 0 fully saturated rings. The third-order valence-corrected chi connectivity index (χ3v) is 2.09. The van der Waals surface area contributed by atoms with Crippen LogP contribution in [0.4, 0.5) is 10.5 Å². The van der Waals surface area contributed by atoms with Crippen LogP contribution in [0, 0.1) is 0 Å². The lowest BCUT2D eigenvalue weighted by molar-refractivity contribution is 0.254. The molecule has 2 amide bonds. The van der Waals surface area contributed by atoms with Gasteiger partial charge in [0.05, 0.1) is 0 Å². The molecule has 1 aromatic rings.